The summed E-state index contributed by atoms with van der Waals surface area (Å²) in [6.45, 7) is 8.57. The highest BCUT2D eigenvalue weighted by atomic mass is 15.2. The van der Waals surface area contributed by atoms with Gasteiger partial charge in [-0.05, 0) is 38.5 Å². The quantitative estimate of drug-likeness (QED) is 0.804. The molecule has 0 aliphatic heterocycles. The minimum Gasteiger partial charge on any atom is -0.355 e. The summed E-state index contributed by atoms with van der Waals surface area (Å²) in [5, 5.41) is 3.46. The molecular formula is C12H21N3. The van der Waals surface area contributed by atoms with Crippen LogP contribution in [-0.4, -0.2) is 16.1 Å². The normalized spacial score (nSPS) is 17.8. The summed E-state index contributed by atoms with van der Waals surface area (Å²) in [5.74, 6) is 2.78. The molecule has 0 spiro atoms. The van der Waals surface area contributed by atoms with Crippen molar-refractivity contribution in [3.8, 4) is 0 Å². The highest BCUT2D eigenvalue weighted by Crippen LogP contribution is 2.36. The first-order valence-corrected chi connectivity index (χ1v) is 5.98. The van der Waals surface area contributed by atoms with Gasteiger partial charge < -0.3 is 9.88 Å². The van der Waals surface area contributed by atoms with E-state index in [-0.39, 0.29) is 0 Å². The second-order valence-electron chi connectivity index (χ2n) is 4.69. The van der Waals surface area contributed by atoms with Crippen LogP contribution in [-0.2, 0) is 6.54 Å². The van der Waals surface area contributed by atoms with Gasteiger partial charge in [0.15, 0.2) is 0 Å². The molecular weight excluding hydrogens is 186 g/mol. The fourth-order valence-corrected chi connectivity index (χ4v) is 2.01. The molecule has 1 aromatic rings. The first-order valence-electron chi connectivity index (χ1n) is 5.98. The number of hydrogen-bond donors (Lipinski definition) is 1. The lowest BCUT2D eigenvalue weighted by Gasteiger charge is -2.12. The molecule has 0 bridgehead atoms. The van der Waals surface area contributed by atoms with Crippen LogP contribution in [0.4, 0.5) is 5.95 Å². The highest BCUT2D eigenvalue weighted by Gasteiger charge is 2.27. The lowest BCUT2D eigenvalue weighted by molar-refractivity contribution is 0.533. The molecule has 3 heteroatoms. The van der Waals surface area contributed by atoms with Crippen LogP contribution in [0.3, 0.4) is 0 Å². The smallest absolute Gasteiger partial charge is 0.203 e. The molecule has 1 unspecified atom stereocenters. The van der Waals surface area contributed by atoms with E-state index >= 15 is 0 Å². The van der Waals surface area contributed by atoms with Gasteiger partial charge in [-0.15, -0.1) is 0 Å². The Hall–Kier alpha value is -0.990. The molecule has 0 radical (unpaired) electrons. The molecule has 1 aliphatic carbocycles. The number of aromatic nitrogens is 2. The molecule has 2 rings (SSSR count). The first kappa shape index (κ1) is 10.5. The largest absolute Gasteiger partial charge is 0.355 e. The fourth-order valence-electron chi connectivity index (χ4n) is 2.01. The number of hydrogen-bond acceptors (Lipinski definition) is 2. The summed E-state index contributed by atoms with van der Waals surface area (Å²) in [6.07, 6.45) is 4.94. The van der Waals surface area contributed by atoms with Crippen LogP contribution in [0.25, 0.3) is 0 Å². The van der Waals surface area contributed by atoms with Crippen molar-refractivity contribution in [2.24, 2.45) is 11.8 Å². The average molecular weight is 207 g/mol. The number of anilines is 1. The van der Waals surface area contributed by atoms with E-state index in [0.29, 0.717) is 0 Å². The van der Waals surface area contributed by atoms with Crippen LogP contribution >= 0.6 is 0 Å². The maximum atomic E-state index is 4.49. The number of aryl methyl sites for hydroxylation is 2. The molecule has 84 valence electrons. The van der Waals surface area contributed by atoms with Crippen molar-refractivity contribution in [2.75, 3.05) is 11.9 Å². The molecule has 1 saturated carbocycles. The second-order valence-corrected chi connectivity index (χ2v) is 4.69. The molecule has 0 aromatic carbocycles. The van der Waals surface area contributed by atoms with Gasteiger partial charge in [0.2, 0.25) is 5.95 Å². The zero-order valence-electron chi connectivity index (χ0n) is 9.95. The predicted molar refractivity (Wildman–Crippen MR) is 63.0 cm³/mol. The van der Waals surface area contributed by atoms with Crippen LogP contribution < -0.4 is 5.32 Å². The van der Waals surface area contributed by atoms with E-state index in [1.807, 2.05) is 6.92 Å². The van der Waals surface area contributed by atoms with E-state index in [1.54, 1.807) is 0 Å². The lowest BCUT2D eigenvalue weighted by Crippen LogP contribution is -2.15. The van der Waals surface area contributed by atoms with Gasteiger partial charge in [-0.2, -0.15) is 0 Å². The Labute approximate surface area is 91.9 Å². The monoisotopic (exact) mass is 207 g/mol. The first-order chi connectivity index (χ1) is 7.20. The Kier molecular flexibility index (Phi) is 2.98. The van der Waals surface area contributed by atoms with Gasteiger partial charge in [0.1, 0.15) is 0 Å². The molecule has 0 amide bonds. The third kappa shape index (κ3) is 2.52. The van der Waals surface area contributed by atoms with E-state index in [2.05, 4.69) is 34.9 Å². The van der Waals surface area contributed by atoms with E-state index in [0.717, 1.165) is 36.6 Å². The molecule has 1 aliphatic rings. The van der Waals surface area contributed by atoms with Crippen LogP contribution in [0.2, 0.25) is 0 Å². The van der Waals surface area contributed by atoms with Crippen molar-refractivity contribution in [3.05, 3.63) is 11.9 Å². The lowest BCUT2D eigenvalue weighted by atomic mass is 10.1. The summed E-state index contributed by atoms with van der Waals surface area (Å²) >= 11 is 0. The summed E-state index contributed by atoms with van der Waals surface area (Å²) in [4.78, 5) is 4.49. The number of rotatable bonds is 5. The summed E-state index contributed by atoms with van der Waals surface area (Å²) in [6, 6.07) is 0. The molecule has 1 atom stereocenters. The van der Waals surface area contributed by atoms with Gasteiger partial charge in [0.25, 0.3) is 0 Å². The summed E-state index contributed by atoms with van der Waals surface area (Å²) in [7, 11) is 0. The Morgan fingerprint density at radius 3 is 2.93 bits per heavy atom. The van der Waals surface area contributed by atoms with Gasteiger partial charge in [-0.25, -0.2) is 4.98 Å². The zero-order chi connectivity index (χ0) is 10.8. The van der Waals surface area contributed by atoms with Gasteiger partial charge in [-0.1, -0.05) is 6.92 Å². The summed E-state index contributed by atoms with van der Waals surface area (Å²) < 4.78 is 2.18. The standard InChI is InChI=1S/C12H21N3/c1-4-15-8-10(3)14-12(15)13-7-9(2)11-5-6-11/h8-9,11H,4-7H2,1-3H3,(H,13,14). The van der Waals surface area contributed by atoms with E-state index in [1.165, 1.54) is 12.8 Å². The van der Waals surface area contributed by atoms with Crippen molar-refractivity contribution < 1.29 is 0 Å². The molecule has 15 heavy (non-hydrogen) atoms. The third-order valence-electron chi connectivity index (χ3n) is 3.25. The van der Waals surface area contributed by atoms with Crippen LogP contribution in [0, 0.1) is 18.8 Å². The molecule has 1 fully saturated rings. The average Bonchev–Trinajstić information content (AvgIpc) is 2.99. The van der Waals surface area contributed by atoms with Crippen molar-refractivity contribution in [3.63, 3.8) is 0 Å². The van der Waals surface area contributed by atoms with Crippen molar-refractivity contribution >= 4 is 5.95 Å². The van der Waals surface area contributed by atoms with E-state index in [4.69, 9.17) is 0 Å². The Morgan fingerprint density at radius 1 is 1.60 bits per heavy atom. The maximum Gasteiger partial charge on any atom is 0.203 e. The Balaban J connectivity index is 1.91. The molecule has 1 heterocycles. The molecule has 3 nitrogen and oxygen atoms in total. The fraction of sp³-hybridized carbons (Fsp3) is 0.750. The van der Waals surface area contributed by atoms with Gasteiger partial charge in [0.05, 0.1) is 5.69 Å². The Morgan fingerprint density at radius 2 is 2.33 bits per heavy atom. The highest BCUT2D eigenvalue weighted by molar-refractivity contribution is 5.28. The minimum atomic E-state index is 0.785. The minimum absolute atomic E-state index is 0.785. The van der Waals surface area contributed by atoms with Crippen LogP contribution in [0.1, 0.15) is 32.4 Å². The number of nitrogens with zero attached hydrogens (tertiary/aromatic N) is 2. The van der Waals surface area contributed by atoms with Crippen LogP contribution in [0.5, 0.6) is 0 Å². The van der Waals surface area contributed by atoms with Crippen molar-refractivity contribution in [1.29, 1.82) is 0 Å². The number of imidazole rings is 1. The predicted octanol–water partition coefficient (Wildman–Crippen LogP) is 2.67. The SMILES string of the molecule is CCn1cc(C)nc1NCC(C)C1CC1. The third-order valence-corrected chi connectivity index (χ3v) is 3.25. The van der Waals surface area contributed by atoms with Crippen molar-refractivity contribution in [1.82, 2.24) is 9.55 Å². The van der Waals surface area contributed by atoms with Gasteiger partial charge in [0, 0.05) is 19.3 Å². The molecule has 0 saturated heterocycles. The van der Waals surface area contributed by atoms with Gasteiger partial charge in [-0.3, -0.25) is 0 Å². The molecule has 1 N–H and O–H groups in total. The van der Waals surface area contributed by atoms with E-state index in [9.17, 15) is 0 Å². The van der Waals surface area contributed by atoms with Crippen LogP contribution in [0.15, 0.2) is 6.20 Å². The van der Waals surface area contributed by atoms with E-state index < -0.39 is 0 Å². The zero-order valence-corrected chi connectivity index (χ0v) is 9.95. The molecule has 1 aromatic heterocycles. The van der Waals surface area contributed by atoms with Gasteiger partial charge >= 0.3 is 0 Å². The number of nitrogens with one attached hydrogen (secondary N) is 1. The summed E-state index contributed by atoms with van der Waals surface area (Å²) in [5.41, 5.74) is 1.10. The maximum absolute atomic E-state index is 4.49. The van der Waals surface area contributed by atoms with Crippen molar-refractivity contribution in [2.45, 2.75) is 40.2 Å². The Bertz CT molecular complexity index is 326. The second kappa shape index (κ2) is 4.25. The topological polar surface area (TPSA) is 29.9 Å².